The number of amides is 1. The van der Waals surface area contributed by atoms with E-state index in [0.29, 0.717) is 17.3 Å². The van der Waals surface area contributed by atoms with Crippen molar-refractivity contribution in [1.82, 2.24) is 10.3 Å². The predicted octanol–water partition coefficient (Wildman–Crippen LogP) is 3.46. The number of pyridine rings is 1. The molecule has 2 rings (SSSR count). The van der Waals surface area contributed by atoms with Gasteiger partial charge in [-0.2, -0.15) is 0 Å². The average molecular weight is 289 g/mol. The Labute approximate surface area is 127 Å². The predicted molar refractivity (Wildman–Crippen MR) is 86.5 cm³/mol. The Morgan fingerprint density at radius 1 is 1.38 bits per heavy atom. The third kappa shape index (κ3) is 4.19. The zero-order valence-corrected chi connectivity index (χ0v) is 13.4. The SMILES string of the molecule is CCCNc1ncccc1C(=O)NC1CCC(C)CC1C. The summed E-state index contributed by atoms with van der Waals surface area (Å²) in [6.45, 7) is 7.46. The van der Waals surface area contributed by atoms with Gasteiger partial charge in [0, 0.05) is 18.8 Å². The van der Waals surface area contributed by atoms with Crippen LogP contribution in [0, 0.1) is 11.8 Å². The van der Waals surface area contributed by atoms with Crippen LogP contribution in [0.15, 0.2) is 18.3 Å². The van der Waals surface area contributed by atoms with E-state index in [9.17, 15) is 4.79 Å². The van der Waals surface area contributed by atoms with Gasteiger partial charge in [-0.3, -0.25) is 4.79 Å². The first-order valence-corrected chi connectivity index (χ1v) is 8.11. The van der Waals surface area contributed by atoms with E-state index in [1.807, 2.05) is 12.1 Å². The maximum atomic E-state index is 12.5. The summed E-state index contributed by atoms with van der Waals surface area (Å²) in [5.41, 5.74) is 0.650. The lowest BCUT2D eigenvalue weighted by molar-refractivity contribution is 0.0900. The maximum absolute atomic E-state index is 12.5. The van der Waals surface area contributed by atoms with Gasteiger partial charge in [-0.15, -0.1) is 0 Å². The molecule has 1 aromatic heterocycles. The number of hydrogen-bond donors (Lipinski definition) is 2. The smallest absolute Gasteiger partial charge is 0.255 e. The molecule has 4 nitrogen and oxygen atoms in total. The molecule has 3 atom stereocenters. The average Bonchev–Trinajstić information content (AvgIpc) is 2.48. The second-order valence-electron chi connectivity index (χ2n) is 6.30. The Kier molecular flexibility index (Phi) is 5.59. The van der Waals surface area contributed by atoms with Crippen molar-refractivity contribution in [2.45, 2.75) is 52.5 Å². The number of rotatable bonds is 5. The Balaban J connectivity index is 2.03. The van der Waals surface area contributed by atoms with Gasteiger partial charge in [-0.05, 0) is 49.7 Å². The molecule has 21 heavy (non-hydrogen) atoms. The first-order valence-electron chi connectivity index (χ1n) is 8.11. The van der Waals surface area contributed by atoms with E-state index >= 15 is 0 Å². The Morgan fingerprint density at radius 3 is 2.90 bits per heavy atom. The molecule has 0 saturated heterocycles. The minimum atomic E-state index is -0.00638. The van der Waals surface area contributed by atoms with Crippen molar-refractivity contribution in [3.05, 3.63) is 23.9 Å². The molecule has 0 radical (unpaired) electrons. The maximum Gasteiger partial charge on any atom is 0.255 e. The molecule has 0 bridgehead atoms. The standard InChI is InChI=1S/C17H27N3O/c1-4-9-18-16-14(6-5-10-19-16)17(21)20-15-8-7-12(2)11-13(15)3/h5-6,10,12-13,15H,4,7-9,11H2,1-3H3,(H,18,19)(H,20,21). The number of nitrogens with one attached hydrogen (secondary N) is 2. The molecule has 1 saturated carbocycles. The molecule has 0 aliphatic heterocycles. The van der Waals surface area contributed by atoms with E-state index in [0.717, 1.165) is 25.3 Å². The van der Waals surface area contributed by atoms with Gasteiger partial charge < -0.3 is 10.6 Å². The molecule has 1 aliphatic rings. The van der Waals surface area contributed by atoms with Crippen molar-refractivity contribution in [3.8, 4) is 0 Å². The number of nitrogens with zero attached hydrogens (tertiary/aromatic N) is 1. The zero-order valence-electron chi connectivity index (χ0n) is 13.4. The minimum Gasteiger partial charge on any atom is -0.369 e. The summed E-state index contributed by atoms with van der Waals surface area (Å²) in [4.78, 5) is 16.8. The molecular weight excluding hydrogens is 262 g/mol. The molecular formula is C17H27N3O. The van der Waals surface area contributed by atoms with Crippen molar-refractivity contribution in [2.24, 2.45) is 11.8 Å². The number of anilines is 1. The second-order valence-corrected chi connectivity index (χ2v) is 6.30. The van der Waals surface area contributed by atoms with Crippen LogP contribution in [0.2, 0.25) is 0 Å². The van der Waals surface area contributed by atoms with Crippen LogP contribution in [0.4, 0.5) is 5.82 Å². The lowest BCUT2D eigenvalue weighted by atomic mass is 9.80. The van der Waals surface area contributed by atoms with E-state index in [1.54, 1.807) is 6.20 Å². The van der Waals surface area contributed by atoms with Gasteiger partial charge >= 0.3 is 0 Å². The van der Waals surface area contributed by atoms with E-state index < -0.39 is 0 Å². The van der Waals surface area contributed by atoms with Crippen molar-refractivity contribution in [3.63, 3.8) is 0 Å². The number of carbonyl (C=O) groups is 1. The normalized spacial score (nSPS) is 25.4. The molecule has 0 aromatic carbocycles. The fraction of sp³-hybridized carbons (Fsp3) is 0.647. The highest BCUT2D eigenvalue weighted by molar-refractivity contribution is 5.98. The van der Waals surface area contributed by atoms with Gasteiger partial charge in [-0.1, -0.05) is 20.8 Å². The fourth-order valence-corrected chi connectivity index (χ4v) is 3.10. The highest BCUT2D eigenvalue weighted by atomic mass is 16.1. The van der Waals surface area contributed by atoms with E-state index in [-0.39, 0.29) is 11.9 Å². The summed E-state index contributed by atoms with van der Waals surface area (Å²) in [5, 5.41) is 6.43. The van der Waals surface area contributed by atoms with Crippen LogP contribution < -0.4 is 10.6 Å². The third-order valence-corrected chi connectivity index (χ3v) is 4.34. The van der Waals surface area contributed by atoms with E-state index in [2.05, 4.69) is 36.4 Å². The summed E-state index contributed by atoms with van der Waals surface area (Å²) < 4.78 is 0. The molecule has 3 unspecified atom stereocenters. The minimum absolute atomic E-state index is 0.00638. The summed E-state index contributed by atoms with van der Waals surface area (Å²) in [5.74, 6) is 2.00. The lowest BCUT2D eigenvalue weighted by Gasteiger charge is -2.33. The number of hydrogen-bond acceptors (Lipinski definition) is 3. The number of aromatic nitrogens is 1. The summed E-state index contributed by atoms with van der Waals surface area (Å²) >= 11 is 0. The van der Waals surface area contributed by atoms with Crippen molar-refractivity contribution in [2.75, 3.05) is 11.9 Å². The molecule has 1 aromatic rings. The molecule has 1 aliphatic carbocycles. The molecule has 1 fully saturated rings. The Morgan fingerprint density at radius 2 is 2.19 bits per heavy atom. The van der Waals surface area contributed by atoms with Crippen LogP contribution in [-0.2, 0) is 0 Å². The van der Waals surface area contributed by atoms with Crippen LogP contribution in [0.5, 0.6) is 0 Å². The Hall–Kier alpha value is -1.58. The highest BCUT2D eigenvalue weighted by Crippen LogP contribution is 2.29. The molecule has 1 heterocycles. The van der Waals surface area contributed by atoms with Gasteiger partial charge in [0.2, 0.25) is 0 Å². The van der Waals surface area contributed by atoms with Crippen LogP contribution in [0.3, 0.4) is 0 Å². The second kappa shape index (κ2) is 7.43. The topological polar surface area (TPSA) is 54.0 Å². The van der Waals surface area contributed by atoms with Gasteiger partial charge in [-0.25, -0.2) is 4.98 Å². The monoisotopic (exact) mass is 289 g/mol. The van der Waals surface area contributed by atoms with Crippen LogP contribution in [0.25, 0.3) is 0 Å². The molecule has 4 heteroatoms. The van der Waals surface area contributed by atoms with E-state index in [4.69, 9.17) is 0 Å². The van der Waals surface area contributed by atoms with Crippen LogP contribution in [-0.4, -0.2) is 23.5 Å². The summed E-state index contributed by atoms with van der Waals surface area (Å²) in [6.07, 6.45) is 6.20. The fourth-order valence-electron chi connectivity index (χ4n) is 3.10. The summed E-state index contributed by atoms with van der Waals surface area (Å²) in [6, 6.07) is 3.95. The summed E-state index contributed by atoms with van der Waals surface area (Å²) in [7, 11) is 0. The van der Waals surface area contributed by atoms with Crippen LogP contribution >= 0.6 is 0 Å². The van der Waals surface area contributed by atoms with Crippen molar-refractivity contribution < 1.29 is 4.79 Å². The largest absolute Gasteiger partial charge is 0.369 e. The van der Waals surface area contributed by atoms with E-state index in [1.165, 1.54) is 12.8 Å². The van der Waals surface area contributed by atoms with Gasteiger partial charge in [0.1, 0.15) is 5.82 Å². The van der Waals surface area contributed by atoms with Crippen LogP contribution in [0.1, 0.15) is 56.8 Å². The Bertz CT molecular complexity index is 475. The van der Waals surface area contributed by atoms with Gasteiger partial charge in [0.15, 0.2) is 0 Å². The number of carbonyl (C=O) groups excluding carboxylic acids is 1. The van der Waals surface area contributed by atoms with Gasteiger partial charge in [0.25, 0.3) is 5.91 Å². The first kappa shape index (κ1) is 15.8. The molecule has 1 amide bonds. The zero-order chi connectivity index (χ0) is 15.2. The quantitative estimate of drug-likeness (QED) is 0.873. The van der Waals surface area contributed by atoms with Crippen molar-refractivity contribution in [1.29, 1.82) is 0 Å². The molecule has 116 valence electrons. The molecule has 2 N–H and O–H groups in total. The first-order chi connectivity index (χ1) is 10.1. The lowest BCUT2D eigenvalue weighted by Crippen LogP contribution is -2.42. The third-order valence-electron chi connectivity index (χ3n) is 4.34. The van der Waals surface area contributed by atoms with Crippen molar-refractivity contribution >= 4 is 11.7 Å². The molecule has 0 spiro atoms. The van der Waals surface area contributed by atoms with Gasteiger partial charge in [0.05, 0.1) is 5.56 Å². The highest BCUT2D eigenvalue weighted by Gasteiger charge is 2.27.